The van der Waals surface area contributed by atoms with Crippen LogP contribution in [0.3, 0.4) is 0 Å². The van der Waals surface area contributed by atoms with E-state index in [-0.39, 0.29) is 5.82 Å². The fourth-order valence-corrected chi connectivity index (χ4v) is 2.30. The Morgan fingerprint density at radius 1 is 1.29 bits per heavy atom. The van der Waals surface area contributed by atoms with Gasteiger partial charge in [-0.2, -0.15) is 0 Å². The number of halogens is 1. The van der Waals surface area contributed by atoms with Gasteiger partial charge in [0, 0.05) is 24.3 Å². The predicted molar refractivity (Wildman–Crippen MR) is 64.1 cm³/mol. The number of benzene rings is 1. The van der Waals surface area contributed by atoms with E-state index in [1.807, 2.05) is 0 Å². The highest BCUT2D eigenvalue weighted by Crippen LogP contribution is 2.24. The number of rotatable bonds is 1. The topological polar surface area (TPSA) is 29.9 Å². The second-order valence-corrected chi connectivity index (χ2v) is 4.30. The van der Waals surface area contributed by atoms with E-state index in [1.54, 1.807) is 12.1 Å². The Balaban J connectivity index is 2.09. The molecule has 1 aliphatic rings. The van der Waals surface area contributed by atoms with Gasteiger partial charge in [-0.1, -0.05) is 0 Å². The summed E-state index contributed by atoms with van der Waals surface area (Å²) in [6.07, 6.45) is 0. The van der Waals surface area contributed by atoms with E-state index in [4.69, 9.17) is 0 Å². The third-order valence-electron chi connectivity index (χ3n) is 3.21. The van der Waals surface area contributed by atoms with Crippen LogP contribution in [0.4, 0.5) is 4.39 Å². The van der Waals surface area contributed by atoms with Gasteiger partial charge in [-0.15, -0.1) is 0 Å². The second-order valence-electron chi connectivity index (χ2n) is 4.30. The van der Waals surface area contributed by atoms with Gasteiger partial charge in [0.05, 0.1) is 12.2 Å². The standard InChI is InChI=1S/C13H14FN3/c1-9-13(10-2-4-11(14)5-3-10)16-12-8-15-6-7-17(9)12/h2-5,15H,6-8H2,1H3. The summed E-state index contributed by atoms with van der Waals surface area (Å²) in [4.78, 5) is 4.63. The van der Waals surface area contributed by atoms with Crippen LogP contribution < -0.4 is 5.32 Å². The van der Waals surface area contributed by atoms with Crippen LogP contribution in [0, 0.1) is 12.7 Å². The van der Waals surface area contributed by atoms with E-state index in [0.29, 0.717) is 0 Å². The summed E-state index contributed by atoms with van der Waals surface area (Å²) in [7, 11) is 0. The highest BCUT2D eigenvalue weighted by atomic mass is 19.1. The van der Waals surface area contributed by atoms with E-state index < -0.39 is 0 Å². The number of nitrogens with zero attached hydrogens (tertiary/aromatic N) is 2. The molecule has 0 amide bonds. The first kappa shape index (κ1) is 10.5. The van der Waals surface area contributed by atoms with Crippen molar-refractivity contribution in [1.82, 2.24) is 14.9 Å². The van der Waals surface area contributed by atoms with E-state index >= 15 is 0 Å². The zero-order valence-corrected chi connectivity index (χ0v) is 9.70. The lowest BCUT2D eigenvalue weighted by Gasteiger charge is -2.15. The number of imidazole rings is 1. The molecule has 0 aliphatic carbocycles. The van der Waals surface area contributed by atoms with Crippen LogP contribution in [-0.2, 0) is 13.1 Å². The van der Waals surface area contributed by atoms with Crippen LogP contribution in [-0.4, -0.2) is 16.1 Å². The maximum Gasteiger partial charge on any atom is 0.123 e. The monoisotopic (exact) mass is 231 g/mol. The number of hydrogen-bond donors (Lipinski definition) is 1. The van der Waals surface area contributed by atoms with E-state index in [1.165, 1.54) is 12.1 Å². The molecule has 1 aliphatic heterocycles. The smallest absolute Gasteiger partial charge is 0.123 e. The van der Waals surface area contributed by atoms with Gasteiger partial charge in [0.25, 0.3) is 0 Å². The molecule has 0 unspecified atom stereocenters. The minimum atomic E-state index is -0.211. The van der Waals surface area contributed by atoms with Gasteiger partial charge in [0.15, 0.2) is 0 Å². The predicted octanol–water partition coefficient (Wildman–Crippen LogP) is 2.10. The molecule has 2 aromatic rings. The van der Waals surface area contributed by atoms with Gasteiger partial charge in [-0.25, -0.2) is 9.37 Å². The van der Waals surface area contributed by atoms with Crippen molar-refractivity contribution >= 4 is 0 Å². The first-order valence-corrected chi connectivity index (χ1v) is 5.78. The third kappa shape index (κ3) is 1.74. The summed E-state index contributed by atoms with van der Waals surface area (Å²) < 4.78 is 15.1. The van der Waals surface area contributed by atoms with Crippen LogP contribution in [0.15, 0.2) is 24.3 Å². The lowest BCUT2D eigenvalue weighted by molar-refractivity contribution is 0.499. The zero-order chi connectivity index (χ0) is 11.8. The molecule has 0 fully saturated rings. The largest absolute Gasteiger partial charge is 0.329 e. The van der Waals surface area contributed by atoms with Gasteiger partial charge in [-0.3, -0.25) is 0 Å². The van der Waals surface area contributed by atoms with E-state index in [0.717, 1.165) is 42.4 Å². The summed E-state index contributed by atoms with van der Waals surface area (Å²) in [5, 5.41) is 3.30. The molecular formula is C13H14FN3. The van der Waals surface area contributed by atoms with Crippen LogP contribution in [0.25, 0.3) is 11.3 Å². The molecule has 2 heterocycles. The Labute approximate surface area is 99.3 Å². The highest BCUT2D eigenvalue weighted by Gasteiger charge is 2.17. The number of aromatic nitrogens is 2. The van der Waals surface area contributed by atoms with Crippen molar-refractivity contribution in [2.24, 2.45) is 0 Å². The summed E-state index contributed by atoms with van der Waals surface area (Å²) in [6.45, 7) is 4.81. The number of fused-ring (bicyclic) bond motifs is 1. The average molecular weight is 231 g/mol. The number of nitrogens with one attached hydrogen (secondary N) is 1. The molecule has 17 heavy (non-hydrogen) atoms. The molecule has 0 spiro atoms. The van der Waals surface area contributed by atoms with Crippen LogP contribution >= 0.6 is 0 Å². The van der Waals surface area contributed by atoms with Crippen molar-refractivity contribution in [3.63, 3.8) is 0 Å². The van der Waals surface area contributed by atoms with Gasteiger partial charge in [0.1, 0.15) is 11.6 Å². The highest BCUT2D eigenvalue weighted by molar-refractivity contribution is 5.62. The quantitative estimate of drug-likeness (QED) is 0.814. The summed E-state index contributed by atoms with van der Waals surface area (Å²) in [5.41, 5.74) is 3.10. The molecule has 0 saturated heterocycles. The van der Waals surface area contributed by atoms with Crippen molar-refractivity contribution in [3.05, 3.63) is 41.6 Å². The molecule has 0 saturated carbocycles. The fraction of sp³-hybridized carbons (Fsp3) is 0.308. The van der Waals surface area contributed by atoms with E-state index in [2.05, 4.69) is 21.8 Å². The minimum Gasteiger partial charge on any atom is -0.329 e. The molecule has 4 heteroatoms. The van der Waals surface area contributed by atoms with Crippen molar-refractivity contribution in [2.75, 3.05) is 6.54 Å². The molecule has 3 rings (SSSR count). The Morgan fingerprint density at radius 2 is 2.06 bits per heavy atom. The van der Waals surface area contributed by atoms with Crippen LogP contribution in [0.2, 0.25) is 0 Å². The summed E-state index contributed by atoms with van der Waals surface area (Å²) in [5.74, 6) is 0.852. The van der Waals surface area contributed by atoms with Gasteiger partial charge in [0.2, 0.25) is 0 Å². The van der Waals surface area contributed by atoms with Gasteiger partial charge in [-0.05, 0) is 31.2 Å². The molecule has 0 bridgehead atoms. The third-order valence-corrected chi connectivity index (χ3v) is 3.21. The maximum absolute atomic E-state index is 12.9. The van der Waals surface area contributed by atoms with Crippen molar-refractivity contribution in [1.29, 1.82) is 0 Å². The first-order valence-electron chi connectivity index (χ1n) is 5.78. The molecule has 1 aromatic heterocycles. The summed E-state index contributed by atoms with van der Waals surface area (Å²) >= 11 is 0. The van der Waals surface area contributed by atoms with Crippen molar-refractivity contribution in [2.45, 2.75) is 20.0 Å². The molecule has 0 atom stereocenters. The van der Waals surface area contributed by atoms with Crippen molar-refractivity contribution < 1.29 is 4.39 Å². The Hall–Kier alpha value is -1.68. The van der Waals surface area contributed by atoms with Gasteiger partial charge >= 0.3 is 0 Å². The Bertz CT molecular complexity index is 543. The Kier molecular flexibility index (Phi) is 2.44. The lowest BCUT2D eigenvalue weighted by Crippen LogP contribution is -2.28. The maximum atomic E-state index is 12.9. The SMILES string of the molecule is Cc1c(-c2ccc(F)cc2)nc2n1CCNC2. The molecule has 1 aromatic carbocycles. The molecule has 3 nitrogen and oxygen atoms in total. The Morgan fingerprint density at radius 3 is 2.76 bits per heavy atom. The minimum absolute atomic E-state index is 0.211. The average Bonchev–Trinajstić information content (AvgIpc) is 2.69. The molecule has 1 N–H and O–H groups in total. The zero-order valence-electron chi connectivity index (χ0n) is 9.70. The van der Waals surface area contributed by atoms with Crippen molar-refractivity contribution in [3.8, 4) is 11.3 Å². The molecule has 0 radical (unpaired) electrons. The van der Waals surface area contributed by atoms with Gasteiger partial charge < -0.3 is 9.88 Å². The lowest BCUT2D eigenvalue weighted by atomic mass is 10.1. The van der Waals surface area contributed by atoms with Crippen LogP contribution in [0.1, 0.15) is 11.5 Å². The fourth-order valence-electron chi connectivity index (χ4n) is 2.30. The first-order chi connectivity index (χ1) is 8.25. The van der Waals surface area contributed by atoms with E-state index in [9.17, 15) is 4.39 Å². The second kappa shape index (κ2) is 3.96. The molecular weight excluding hydrogens is 217 g/mol. The number of hydrogen-bond acceptors (Lipinski definition) is 2. The normalized spacial score (nSPS) is 14.7. The van der Waals surface area contributed by atoms with Crippen LogP contribution in [0.5, 0.6) is 0 Å². The molecule has 88 valence electrons. The summed E-state index contributed by atoms with van der Waals surface area (Å²) in [6, 6.07) is 6.52.